The summed E-state index contributed by atoms with van der Waals surface area (Å²) in [6.07, 6.45) is 1.61. The van der Waals surface area contributed by atoms with Crippen LogP contribution in [0.3, 0.4) is 0 Å². The molecule has 116 valence electrons. The van der Waals surface area contributed by atoms with Crippen molar-refractivity contribution in [3.05, 3.63) is 30.3 Å². The van der Waals surface area contributed by atoms with Crippen LogP contribution in [0.5, 0.6) is 0 Å². The topological polar surface area (TPSA) is 46.6 Å². The number of carbonyl (C=O) groups excluding carboxylic acids is 2. The molecule has 0 aliphatic rings. The van der Waals surface area contributed by atoms with E-state index in [1.165, 1.54) is 4.90 Å². The van der Waals surface area contributed by atoms with Gasteiger partial charge >= 0.3 is 5.97 Å². The highest BCUT2D eigenvalue weighted by molar-refractivity contribution is 7.99. The highest BCUT2D eigenvalue weighted by Crippen LogP contribution is 2.18. The molecule has 1 aromatic rings. The lowest BCUT2D eigenvalue weighted by atomic mass is 10.3. The molecule has 0 aliphatic carbocycles. The van der Waals surface area contributed by atoms with Crippen LogP contribution in [-0.4, -0.2) is 42.7 Å². The number of carbonyl (C=O) groups is 2. The van der Waals surface area contributed by atoms with E-state index in [1.807, 2.05) is 18.2 Å². The van der Waals surface area contributed by atoms with Gasteiger partial charge in [-0.15, -0.1) is 11.8 Å². The first-order valence-corrected chi connectivity index (χ1v) is 8.19. The standard InChI is InChI=1S/C16H23NO3S/c1-3-20-16(19)11-12-17(2)15(18)10-7-13-21-14-8-5-4-6-9-14/h4-6,8-9H,3,7,10-13H2,1-2H3. The van der Waals surface area contributed by atoms with Crippen molar-refractivity contribution in [1.82, 2.24) is 4.90 Å². The van der Waals surface area contributed by atoms with Crippen molar-refractivity contribution in [3.63, 3.8) is 0 Å². The molecule has 0 saturated carbocycles. The summed E-state index contributed by atoms with van der Waals surface area (Å²) in [7, 11) is 1.73. The highest BCUT2D eigenvalue weighted by Gasteiger charge is 2.10. The Morgan fingerprint density at radius 3 is 2.57 bits per heavy atom. The Labute approximate surface area is 130 Å². The molecule has 0 aromatic heterocycles. The van der Waals surface area contributed by atoms with Gasteiger partial charge in [-0.3, -0.25) is 9.59 Å². The molecular formula is C16H23NO3S. The second-order valence-corrected chi connectivity index (χ2v) is 5.80. The Bertz CT molecular complexity index is 436. The molecule has 0 unspecified atom stereocenters. The molecule has 0 bridgehead atoms. The van der Waals surface area contributed by atoms with E-state index in [0.717, 1.165) is 12.2 Å². The van der Waals surface area contributed by atoms with Gasteiger partial charge in [0.2, 0.25) is 5.91 Å². The first-order chi connectivity index (χ1) is 10.1. The number of thioether (sulfide) groups is 1. The summed E-state index contributed by atoms with van der Waals surface area (Å²) in [4.78, 5) is 25.9. The fourth-order valence-electron chi connectivity index (χ4n) is 1.74. The van der Waals surface area contributed by atoms with Crippen LogP contribution in [-0.2, 0) is 14.3 Å². The lowest BCUT2D eigenvalue weighted by Gasteiger charge is -2.16. The van der Waals surface area contributed by atoms with Gasteiger partial charge in [0, 0.05) is 24.9 Å². The van der Waals surface area contributed by atoms with Crippen LogP contribution in [0, 0.1) is 0 Å². The van der Waals surface area contributed by atoms with E-state index in [2.05, 4.69) is 12.1 Å². The highest BCUT2D eigenvalue weighted by atomic mass is 32.2. The quantitative estimate of drug-likeness (QED) is 0.400. The number of hydrogen-bond acceptors (Lipinski definition) is 4. The van der Waals surface area contributed by atoms with Crippen molar-refractivity contribution in [3.8, 4) is 0 Å². The monoisotopic (exact) mass is 309 g/mol. The number of esters is 1. The predicted octanol–water partition coefficient (Wildman–Crippen LogP) is 2.97. The van der Waals surface area contributed by atoms with E-state index in [-0.39, 0.29) is 18.3 Å². The van der Waals surface area contributed by atoms with Gasteiger partial charge in [0.15, 0.2) is 0 Å². The molecule has 1 rings (SSSR count). The Morgan fingerprint density at radius 2 is 1.90 bits per heavy atom. The van der Waals surface area contributed by atoms with Gasteiger partial charge in [-0.2, -0.15) is 0 Å². The number of rotatable bonds is 9. The Balaban J connectivity index is 2.13. The summed E-state index contributed by atoms with van der Waals surface area (Å²) in [5, 5.41) is 0. The molecule has 0 radical (unpaired) electrons. The lowest BCUT2D eigenvalue weighted by Crippen LogP contribution is -2.29. The zero-order chi connectivity index (χ0) is 15.5. The molecule has 1 amide bonds. The Morgan fingerprint density at radius 1 is 1.19 bits per heavy atom. The van der Waals surface area contributed by atoms with Crippen molar-refractivity contribution < 1.29 is 14.3 Å². The van der Waals surface area contributed by atoms with Gasteiger partial charge in [-0.25, -0.2) is 0 Å². The molecule has 0 aliphatic heterocycles. The van der Waals surface area contributed by atoms with Gasteiger partial charge in [-0.1, -0.05) is 18.2 Å². The molecule has 0 fully saturated rings. The van der Waals surface area contributed by atoms with Crippen molar-refractivity contribution in [1.29, 1.82) is 0 Å². The molecule has 0 saturated heterocycles. The molecule has 0 spiro atoms. The zero-order valence-corrected chi connectivity index (χ0v) is 13.5. The maximum Gasteiger partial charge on any atom is 0.307 e. The van der Waals surface area contributed by atoms with Crippen molar-refractivity contribution in [2.45, 2.75) is 31.1 Å². The van der Waals surface area contributed by atoms with Crippen molar-refractivity contribution >= 4 is 23.6 Å². The number of hydrogen-bond donors (Lipinski definition) is 0. The summed E-state index contributed by atoms with van der Waals surface area (Å²) in [6.45, 7) is 2.58. The molecular weight excluding hydrogens is 286 g/mol. The second kappa shape index (κ2) is 10.3. The third-order valence-electron chi connectivity index (χ3n) is 2.93. The van der Waals surface area contributed by atoms with Gasteiger partial charge in [0.05, 0.1) is 13.0 Å². The average molecular weight is 309 g/mol. The van der Waals surface area contributed by atoms with Gasteiger partial charge < -0.3 is 9.64 Å². The van der Waals surface area contributed by atoms with Crippen molar-refractivity contribution in [2.24, 2.45) is 0 Å². The first-order valence-electron chi connectivity index (χ1n) is 7.21. The van der Waals surface area contributed by atoms with Crippen molar-refractivity contribution in [2.75, 3.05) is 26.0 Å². The van der Waals surface area contributed by atoms with Crippen LogP contribution < -0.4 is 0 Å². The Kier molecular flexibility index (Phi) is 8.59. The predicted molar refractivity (Wildman–Crippen MR) is 85.3 cm³/mol. The summed E-state index contributed by atoms with van der Waals surface area (Å²) in [5.74, 6) is 0.742. The minimum Gasteiger partial charge on any atom is -0.466 e. The minimum absolute atomic E-state index is 0.0768. The van der Waals surface area contributed by atoms with Crippen LogP contribution in [0.15, 0.2) is 35.2 Å². The summed E-state index contributed by atoms with van der Waals surface area (Å²) < 4.78 is 4.84. The third-order valence-corrected chi connectivity index (χ3v) is 4.03. The zero-order valence-electron chi connectivity index (χ0n) is 12.7. The van der Waals surface area contributed by atoms with E-state index in [4.69, 9.17) is 4.74 Å². The summed E-state index contributed by atoms with van der Waals surface area (Å²) in [6, 6.07) is 10.1. The molecule has 4 nitrogen and oxygen atoms in total. The molecule has 0 atom stereocenters. The fourth-order valence-corrected chi connectivity index (χ4v) is 2.61. The molecule has 0 heterocycles. The van der Waals surface area contributed by atoms with Gasteiger partial charge in [0.1, 0.15) is 0 Å². The number of benzene rings is 1. The number of nitrogens with zero attached hydrogens (tertiary/aromatic N) is 1. The van der Waals surface area contributed by atoms with E-state index < -0.39 is 0 Å². The molecule has 21 heavy (non-hydrogen) atoms. The largest absolute Gasteiger partial charge is 0.466 e. The van der Waals surface area contributed by atoms with Crippen LogP contribution in [0.2, 0.25) is 0 Å². The number of amides is 1. The minimum atomic E-state index is -0.253. The fraction of sp³-hybridized carbons (Fsp3) is 0.500. The number of ether oxygens (including phenoxy) is 1. The van der Waals surface area contributed by atoms with E-state index in [0.29, 0.717) is 19.6 Å². The smallest absolute Gasteiger partial charge is 0.307 e. The van der Waals surface area contributed by atoms with Gasteiger partial charge in [0.25, 0.3) is 0 Å². The summed E-state index contributed by atoms with van der Waals surface area (Å²) >= 11 is 1.75. The lowest BCUT2D eigenvalue weighted by molar-refractivity contribution is -0.143. The van der Waals surface area contributed by atoms with Crippen LogP contribution in [0.25, 0.3) is 0 Å². The first kappa shape index (κ1) is 17.6. The molecule has 0 N–H and O–H groups in total. The summed E-state index contributed by atoms with van der Waals surface area (Å²) in [5.41, 5.74) is 0. The average Bonchev–Trinajstić information content (AvgIpc) is 2.50. The van der Waals surface area contributed by atoms with E-state index >= 15 is 0 Å². The maximum atomic E-state index is 11.9. The van der Waals surface area contributed by atoms with Crippen LogP contribution in [0.1, 0.15) is 26.2 Å². The van der Waals surface area contributed by atoms with Crippen LogP contribution >= 0.6 is 11.8 Å². The van der Waals surface area contributed by atoms with Crippen LogP contribution in [0.4, 0.5) is 0 Å². The normalized spacial score (nSPS) is 10.2. The SMILES string of the molecule is CCOC(=O)CCN(C)C(=O)CCCSc1ccccc1. The Hall–Kier alpha value is -1.49. The maximum absolute atomic E-state index is 11.9. The molecule has 5 heteroatoms. The third kappa shape index (κ3) is 7.75. The van der Waals surface area contributed by atoms with E-state index in [9.17, 15) is 9.59 Å². The van der Waals surface area contributed by atoms with Gasteiger partial charge in [-0.05, 0) is 31.2 Å². The van der Waals surface area contributed by atoms with E-state index in [1.54, 1.807) is 30.6 Å². The second-order valence-electron chi connectivity index (χ2n) is 4.64. The molecule has 1 aromatic carbocycles.